The zero-order valence-corrected chi connectivity index (χ0v) is 20.3. The van der Waals surface area contributed by atoms with Crippen LogP contribution in [0, 0.1) is 23.2 Å². The molecule has 0 aliphatic heterocycles. The van der Waals surface area contributed by atoms with Crippen LogP contribution in [0.25, 0.3) is 0 Å². The summed E-state index contributed by atoms with van der Waals surface area (Å²) in [5.74, 6) is -0.791. The summed E-state index contributed by atoms with van der Waals surface area (Å²) in [6.45, 7) is 11.6. The number of esters is 1. The van der Waals surface area contributed by atoms with Crippen molar-refractivity contribution < 1.29 is 29.0 Å². The number of aliphatic carboxylic acids is 1. The van der Waals surface area contributed by atoms with E-state index in [9.17, 15) is 19.5 Å². The maximum atomic E-state index is 12.3. The predicted octanol–water partition coefficient (Wildman–Crippen LogP) is 5.24. The lowest BCUT2D eigenvalue weighted by atomic mass is 9.59. The third-order valence-corrected chi connectivity index (χ3v) is 6.61. The lowest BCUT2D eigenvalue weighted by Gasteiger charge is -2.46. The number of aldehydes is 1. The van der Waals surface area contributed by atoms with E-state index in [-0.39, 0.29) is 5.78 Å². The molecule has 0 heterocycles. The van der Waals surface area contributed by atoms with Crippen molar-refractivity contribution >= 4 is 24.0 Å². The molecule has 182 valence electrons. The number of hydrogen-bond acceptors (Lipinski definition) is 5. The molecule has 5 unspecified atom stereocenters. The third-order valence-electron chi connectivity index (χ3n) is 6.61. The lowest BCUT2D eigenvalue weighted by Crippen LogP contribution is -2.46. The standard InChI is InChI=1S/C24H34O5.C3H4O/c1-5-16(2)14-17(3)8-6-7-9-22(26)29-21-11-10-19(23(27)28)24(4)13-12-18(25)15-20(21)24;1-2-3-4/h6-9,15-17,19,21H,5,10-14H2,1-4H3,(H,27,28);2-3H,1H2/b8-6+,9-7+;. The van der Waals surface area contributed by atoms with Gasteiger partial charge in [-0.05, 0) is 55.2 Å². The number of carbonyl (C=O) groups excluding carboxylic acids is 3. The Labute approximate surface area is 197 Å². The Kier molecular flexibility index (Phi) is 11.7. The molecule has 0 aromatic carbocycles. The second-order valence-corrected chi connectivity index (χ2v) is 9.22. The number of ketones is 1. The number of rotatable bonds is 9. The highest BCUT2D eigenvalue weighted by atomic mass is 16.5. The second-order valence-electron chi connectivity index (χ2n) is 9.22. The van der Waals surface area contributed by atoms with Gasteiger partial charge in [0.15, 0.2) is 5.78 Å². The van der Waals surface area contributed by atoms with Crippen molar-refractivity contribution in [3.8, 4) is 0 Å². The maximum absolute atomic E-state index is 12.3. The fourth-order valence-electron chi connectivity index (χ4n) is 4.53. The average molecular weight is 459 g/mol. The molecule has 2 aliphatic carbocycles. The van der Waals surface area contributed by atoms with E-state index in [1.807, 2.05) is 13.0 Å². The third kappa shape index (κ3) is 8.60. The molecule has 0 bridgehead atoms. The van der Waals surface area contributed by atoms with Crippen molar-refractivity contribution in [2.75, 3.05) is 0 Å². The zero-order valence-electron chi connectivity index (χ0n) is 20.3. The fourth-order valence-corrected chi connectivity index (χ4v) is 4.53. The Balaban J connectivity index is 0.00000125. The summed E-state index contributed by atoms with van der Waals surface area (Å²) in [6, 6.07) is 0. The summed E-state index contributed by atoms with van der Waals surface area (Å²) < 4.78 is 5.62. The first-order valence-corrected chi connectivity index (χ1v) is 11.7. The average Bonchev–Trinajstić information content (AvgIpc) is 2.77. The van der Waals surface area contributed by atoms with Gasteiger partial charge in [0.05, 0.1) is 5.92 Å². The van der Waals surface area contributed by atoms with E-state index in [1.165, 1.54) is 18.2 Å². The number of carboxylic acids is 1. The number of carbonyl (C=O) groups is 4. The van der Waals surface area contributed by atoms with Gasteiger partial charge in [-0.1, -0.05) is 58.9 Å². The summed E-state index contributed by atoms with van der Waals surface area (Å²) in [6.07, 6.45) is 13.8. The number of ether oxygens (including phenoxy) is 1. The SMILES string of the molecule is C=CC=O.CCC(C)CC(C)/C=C/C=C/C(=O)OC1CCC(C(=O)O)C2(C)CCC(=O)C=C12. The molecule has 6 heteroatoms. The summed E-state index contributed by atoms with van der Waals surface area (Å²) >= 11 is 0. The van der Waals surface area contributed by atoms with Gasteiger partial charge in [0.1, 0.15) is 12.4 Å². The smallest absolute Gasteiger partial charge is 0.331 e. The van der Waals surface area contributed by atoms with E-state index in [1.54, 1.807) is 6.08 Å². The molecule has 0 aromatic heterocycles. The minimum absolute atomic E-state index is 0.0293. The van der Waals surface area contributed by atoms with E-state index in [4.69, 9.17) is 9.53 Å². The van der Waals surface area contributed by atoms with Crippen molar-refractivity contribution in [2.24, 2.45) is 23.2 Å². The monoisotopic (exact) mass is 458 g/mol. The Bertz CT molecular complexity index is 799. The molecule has 1 N–H and O–H groups in total. The van der Waals surface area contributed by atoms with Crippen LogP contribution in [0.5, 0.6) is 0 Å². The molecule has 1 saturated carbocycles. The summed E-state index contributed by atoms with van der Waals surface area (Å²) in [4.78, 5) is 45.0. The first-order chi connectivity index (χ1) is 15.6. The quantitative estimate of drug-likeness (QED) is 0.219. The van der Waals surface area contributed by atoms with Crippen LogP contribution in [-0.4, -0.2) is 35.2 Å². The number of hydrogen-bond donors (Lipinski definition) is 1. The van der Waals surface area contributed by atoms with Gasteiger partial charge in [0.2, 0.25) is 0 Å². The van der Waals surface area contributed by atoms with E-state index in [2.05, 4.69) is 33.4 Å². The van der Waals surface area contributed by atoms with Gasteiger partial charge < -0.3 is 9.84 Å². The van der Waals surface area contributed by atoms with Crippen LogP contribution in [0.4, 0.5) is 0 Å². The Morgan fingerprint density at radius 3 is 2.55 bits per heavy atom. The topological polar surface area (TPSA) is 97.7 Å². The predicted molar refractivity (Wildman–Crippen MR) is 128 cm³/mol. The van der Waals surface area contributed by atoms with E-state index < -0.39 is 29.4 Å². The summed E-state index contributed by atoms with van der Waals surface area (Å²) in [5.41, 5.74) is 0.0182. The van der Waals surface area contributed by atoms with Crippen molar-refractivity contribution in [2.45, 2.75) is 72.3 Å². The van der Waals surface area contributed by atoms with E-state index >= 15 is 0 Å². The van der Waals surface area contributed by atoms with E-state index in [0.717, 1.165) is 12.8 Å². The first kappa shape index (κ1) is 28.3. The zero-order chi connectivity index (χ0) is 25.0. The number of fused-ring (bicyclic) bond motifs is 1. The molecule has 2 rings (SSSR count). The maximum Gasteiger partial charge on any atom is 0.331 e. The Hall–Kier alpha value is -2.76. The van der Waals surface area contributed by atoms with Gasteiger partial charge >= 0.3 is 11.9 Å². The van der Waals surface area contributed by atoms with Gasteiger partial charge in [-0.3, -0.25) is 14.4 Å². The highest BCUT2D eigenvalue weighted by Crippen LogP contribution is 2.51. The molecule has 33 heavy (non-hydrogen) atoms. The largest absolute Gasteiger partial charge is 0.481 e. The molecule has 5 atom stereocenters. The van der Waals surface area contributed by atoms with E-state index in [0.29, 0.717) is 49.4 Å². The highest BCUT2D eigenvalue weighted by molar-refractivity contribution is 5.92. The van der Waals surface area contributed by atoms with Crippen molar-refractivity contribution in [3.63, 3.8) is 0 Å². The van der Waals surface area contributed by atoms with Gasteiger partial charge in [-0.15, -0.1) is 0 Å². The molecular weight excluding hydrogens is 420 g/mol. The molecule has 0 aromatic rings. The van der Waals surface area contributed by atoms with Crippen LogP contribution >= 0.6 is 0 Å². The van der Waals surface area contributed by atoms with Crippen LogP contribution in [0.2, 0.25) is 0 Å². The van der Waals surface area contributed by atoms with Crippen LogP contribution in [0.3, 0.4) is 0 Å². The summed E-state index contributed by atoms with van der Waals surface area (Å²) in [5, 5.41) is 9.60. The fraction of sp³-hybridized carbons (Fsp3) is 0.556. The van der Waals surface area contributed by atoms with Crippen molar-refractivity contribution in [3.05, 3.63) is 48.6 Å². The molecule has 0 amide bonds. The Morgan fingerprint density at radius 1 is 1.30 bits per heavy atom. The van der Waals surface area contributed by atoms with Gasteiger partial charge in [0, 0.05) is 17.9 Å². The second kappa shape index (κ2) is 13.7. The summed E-state index contributed by atoms with van der Waals surface area (Å²) in [7, 11) is 0. The highest BCUT2D eigenvalue weighted by Gasteiger charge is 2.50. The lowest BCUT2D eigenvalue weighted by molar-refractivity contribution is -0.151. The van der Waals surface area contributed by atoms with Gasteiger partial charge in [-0.25, -0.2) is 4.79 Å². The van der Waals surface area contributed by atoms with Crippen molar-refractivity contribution in [1.82, 2.24) is 0 Å². The van der Waals surface area contributed by atoms with Crippen LogP contribution in [-0.2, 0) is 23.9 Å². The normalized spacial score (nSPS) is 26.4. The Morgan fingerprint density at radius 2 is 1.97 bits per heavy atom. The van der Waals surface area contributed by atoms with Gasteiger partial charge in [0.25, 0.3) is 0 Å². The minimum Gasteiger partial charge on any atom is -0.481 e. The van der Waals surface area contributed by atoms with Gasteiger partial charge in [-0.2, -0.15) is 0 Å². The molecule has 6 nitrogen and oxygen atoms in total. The first-order valence-electron chi connectivity index (χ1n) is 11.7. The number of allylic oxidation sites excluding steroid dienone is 5. The van der Waals surface area contributed by atoms with Crippen LogP contribution in [0.15, 0.2) is 48.6 Å². The molecule has 1 fully saturated rings. The molecule has 2 aliphatic rings. The molecular formula is C27H38O6. The van der Waals surface area contributed by atoms with Crippen LogP contribution < -0.4 is 0 Å². The molecule has 0 spiro atoms. The molecule has 0 radical (unpaired) electrons. The van der Waals surface area contributed by atoms with Crippen molar-refractivity contribution in [1.29, 1.82) is 0 Å². The van der Waals surface area contributed by atoms with Crippen LogP contribution in [0.1, 0.15) is 66.2 Å². The number of carboxylic acid groups (broad SMARTS) is 1. The molecule has 0 saturated heterocycles. The minimum atomic E-state index is -0.853.